The van der Waals surface area contributed by atoms with Gasteiger partial charge in [0.05, 0.1) is 29.2 Å². The van der Waals surface area contributed by atoms with Crippen LogP contribution in [-0.4, -0.2) is 29.1 Å². The quantitative estimate of drug-likeness (QED) is 0.461. The minimum Gasteiger partial charge on any atom is -0.497 e. The summed E-state index contributed by atoms with van der Waals surface area (Å²) in [6, 6.07) is 13.6. The molecule has 1 amide bonds. The van der Waals surface area contributed by atoms with Gasteiger partial charge in [0.1, 0.15) is 5.75 Å². The molecule has 31 heavy (non-hydrogen) atoms. The molecule has 0 aliphatic heterocycles. The molecule has 0 radical (unpaired) electrons. The average Bonchev–Trinajstić information content (AvgIpc) is 3.20. The molecule has 2 N–H and O–H groups in total. The second kappa shape index (κ2) is 9.70. The van der Waals surface area contributed by atoms with Crippen molar-refractivity contribution in [3.05, 3.63) is 48.0 Å². The Balaban J connectivity index is 1.42. The lowest BCUT2D eigenvalue weighted by Crippen LogP contribution is -2.36. The zero-order valence-corrected chi connectivity index (χ0v) is 18.8. The van der Waals surface area contributed by atoms with E-state index in [2.05, 4.69) is 10.3 Å². The van der Waals surface area contributed by atoms with E-state index in [1.165, 1.54) is 5.56 Å². The van der Waals surface area contributed by atoms with Crippen LogP contribution in [0.25, 0.3) is 10.2 Å². The van der Waals surface area contributed by atoms with Gasteiger partial charge in [0.25, 0.3) is 0 Å². The predicted octanol–water partition coefficient (Wildman–Crippen LogP) is 5.43. The Hall–Kier alpha value is -2.58. The van der Waals surface area contributed by atoms with Gasteiger partial charge in [-0.05, 0) is 48.7 Å². The van der Waals surface area contributed by atoms with E-state index in [4.69, 9.17) is 4.74 Å². The summed E-state index contributed by atoms with van der Waals surface area (Å²) in [4.78, 5) is 28.9. The topological polar surface area (TPSA) is 88.5 Å². The van der Waals surface area contributed by atoms with Crippen molar-refractivity contribution in [3.63, 3.8) is 0 Å². The van der Waals surface area contributed by atoms with E-state index in [0.717, 1.165) is 38.9 Å². The van der Waals surface area contributed by atoms with E-state index < -0.39 is 17.8 Å². The van der Waals surface area contributed by atoms with E-state index in [1.807, 2.05) is 42.5 Å². The molecule has 8 heteroatoms. The lowest BCUT2D eigenvalue weighted by Gasteiger charge is -2.27. The summed E-state index contributed by atoms with van der Waals surface area (Å²) in [6.45, 7) is 0. The molecule has 1 fully saturated rings. The number of benzene rings is 2. The highest BCUT2D eigenvalue weighted by Crippen LogP contribution is 2.34. The summed E-state index contributed by atoms with van der Waals surface area (Å²) < 4.78 is 7.15. The van der Waals surface area contributed by atoms with Crippen molar-refractivity contribution in [1.29, 1.82) is 0 Å². The Kier molecular flexibility index (Phi) is 6.77. The first kappa shape index (κ1) is 21.6. The second-order valence-electron chi connectivity index (χ2n) is 7.62. The van der Waals surface area contributed by atoms with Gasteiger partial charge in [0.15, 0.2) is 4.34 Å². The summed E-state index contributed by atoms with van der Waals surface area (Å²) in [5.41, 5.74) is 2.77. The number of carboxylic acid groups (broad SMARTS) is 1. The molecule has 1 heterocycles. The van der Waals surface area contributed by atoms with Crippen LogP contribution in [0.2, 0.25) is 0 Å². The largest absolute Gasteiger partial charge is 0.497 e. The van der Waals surface area contributed by atoms with Gasteiger partial charge in [0.2, 0.25) is 5.91 Å². The van der Waals surface area contributed by atoms with E-state index in [0.29, 0.717) is 18.5 Å². The first-order valence-electron chi connectivity index (χ1n) is 10.2. The zero-order valence-electron chi connectivity index (χ0n) is 17.2. The summed E-state index contributed by atoms with van der Waals surface area (Å²) in [5.74, 6) is -0.500. The monoisotopic (exact) mass is 456 g/mol. The average molecular weight is 457 g/mol. The van der Waals surface area contributed by atoms with Gasteiger partial charge in [-0.3, -0.25) is 9.59 Å². The maximum absolute atomic E-state index is 12.7. The lowest BCUT2D eigenvalue weighted by atomic mass is 9.78. The maximum atomic E-state index is 12.7. The van der Waals surface area contributed by atoms with Crippen LogP contribution in [0.15, 0.2) is 46.8 Å². The molecule has 1 aliphatic rings. The first-order chi connectivity index (χ1) is 15.0. The number of thiazole rings is 1. The molecule has 1 aliphatic carbocycles. The molecule has 2 aromatic carbocycles. The van der Waals surface area contributed by atoms with E-state index >= 15 is 0 Å². The van der Waals surface area contributed by atoms with Gasteiger partial charge in [0, 0.05) is 11.4 Å². The molecule has 0 unspecified atom stereocenters. The number of carbonyl (C=O) groups excluding carboxylic acids is 1. The van der Waals surface area contributed by atoms with Crippen LogP contribution >= 0.6 is 23.1 Å². The molecule has 1 aromatic heterocycles. The Morgan fingerprint density at radius 1 is 1.16 bits per heavy atom. The van der Waals surface area contributed by atoms with Crippen molar-refractivity contribution in [2.24, 2.45) is 11.8 Å². The number of thioether (sulfide) groups is 1. The number of methoxy groups -OCH3 is 1. The number of ether oxygens (including phenoxy) is 1. The molecule has 2 atom stereocenters. The molecule has 0 spiro atoms. The van der Waals surface area contributed by atoms with E-state index in [9.17, 15) is 14.7 Å². The minimum absolute atomic E-state index is 0.204. The van der Waals surface area contributed by atoms with Gasteiger partial charge in [-0.25, -0.2) is 4.98 Å². The third-order valence-electron chi connectivity index (χ3n) is 5.58. The first-order valence-corrected chi connectivity index (χ1v) is 12.0. The molecule has 162 valence electrons. The van der Waals surface area contributed by atoms with Gasteiger partial charge < -0.3 is 15.2 Å². The SMILES string of the molecule is COc1ccc(CSc2nc3ccc(NC(=O)[C@@H]4CCCC[C@@H]4C(=O)O)cc3s2)cc1. The number of rotatable bonds is 7. The number of hydrogen-bond donors (Lipinski definition) is 2. The highest BCUT2D eigenvalue weighted by atomic mass is 32.2. The number of aromatic nitrogens is 1. The standard InChI is InChI=1S/C23H24N2O4S2/c1-29-16-9-6-14(7-10-16)13-30-23-25-19-11-8-15(12-20(19)31-23)24-21(26)17-4-2-3-5-18(17)22(27)28/h6-12,17-18H,2-5,13H2,1H3,(H,24,26)(H,27,28)/t17-,18+/m1/s1. The number of fused-ring (bicyclic) bond motifs is 1. The third-order valence-corrected chi connectivity index (χ3v) is 7.81. The molecule has 3 aromatic rings. The highest BCUT2D eigenvalue weighted by molar-refractivity contribution is 8.00. The molecular weight excluding hydrogens is 432 g/mol. The van der Waals surface area contributed by atoms with Crippen molar-refractivity contribution in [1.82, 2.24) is 4.98 Å². The molecule has 0 bridgehead atoms. The highest BCUT2D eigenvalue weighted by Gasteiger charge is 2.35. The Bertz CT molecular complexity index is 1080. The third kappa shape index (κ3) is 5.19. The van der Waals surface area contributed by atoms with Crippen LogP contribution in [0.3, 0.4) is 0 Å². The van der Waals surface area contributed by atoms with Crippen LogP contribution in [0, 0.1) is 11.8 Å². The fraction of sp³-hybridized carbons (Fsp3) is 0.348. The maximum Gasteiger partial charge on any atom is 0.307 e. The zero-order chi connectivity index (χ0) is 21.8. The molecule has 6 nitrogen and oxygen atoms in total. The smallest absolute Gasteiger partial charge is 0.307 e. The number of anilines is 1. The Morgan fingerprint density at radius 2 is 1.90 bits per heavy atom. The lowest BCUT2D eigenvalue weighted by molar-refractivity contribution is -0.147. The van der Waals surface area contributed by atoms with Gasteiger partial charge in [-0.15, -0.1) is 11.3 Å². The summed E-state index contributed by atoms with van der Waals surface area (Å²) in [7, 11) is 1.65. The molecule has 4 rings (SSSR count). The minimum atomic E-state index is -0.878. The number of aliphatic carboxylic acids is 1. The fourth-order valence-corrected chi connectivity index (χ4v) is 5.95. The Labute approximate surface area is 189 Å². The predicted molar refractivity (Wildman–Crippen MR) is 124 cm³/mol. The number of carbonyl (C=O) groups is 2. The number of nitrogens with one attached hydrogen (secondary N) is 1. The number of carboxylic acids is 1. The van der Waals surface area contributed by atoms with Crippen LogP contribution < -0.4 is 10.1 Å². The molecular formula is C23H24N2O4S2. The molecule has 1 saturated carbocycles. The van der Waals surface area contributed by atoms with Crippen LogP contribution in [0.4, 0.5) is 5.69 Å². The van der Waals surface area contributed by atoms with Crippen molar-refractivity contribution in [3.8, 4) is 5.75 Å². The van der Waals surface area contributed by atoms with Crippen molar-refractivity contribution >= 4 is 50.9 Å². The van der Waals surface area contributed by atoms with Gasteiger partial charge in [-0.2, -0.15) is 0 Å². The van der Waals surface area contributed by atoms with Crippen molar-refractivity contribution in [2.75, 3.05) is 12.4 Å². The number of hydrogen-bond acceptors (Lipinski definition) is 6. The Morgan fingerprint density at radius 3 is 2.61 bits per heavy atom. The molecule has 0 saturated heterocycles. The van der Waals surface area contributed by atoms with Crippen LogP contribution in [-0.2, 0) is 15.3 Å². The second-order valence-corrected chi connectivity index (χ2v) is 9.88. The number of amides is 1. The number of nitrogens with zero attached hydrogens (tertiary/aromatic N) is 1. The van der Waals surface area contributed by atoms with Gasteiger partial charge >= 0.3 is 5.97 Å². The summed E-state index contributed by atoms with van der Waals surface area (Å²) in [6.07, 6.45) is 2.95. The summed E-state index contributed by atoms with van der Waals surface area (Å²) >= 11 is 3.26. The van der Waals surface area contributed by atoms with Crippen LogP contribution in [0.1, 0.15) is 31.2 Å². The fourth-order valence-electron chi connectivity index (χ4n) is 3.89. The van der Waals surface area contributed by atoms with E-state index in [1.54, 1.807) is 30.2 Å². The van der Waals surface area contributed by atoms with Crippen LogP contribution in [0.5, 0.6) is 5.75 Å². The van der Waals surface area contributed by atoms with Crippen molar-refractivity contribution < 1.29 is 19.4 Å². The summed E-state index contributed by atoms with van der Waals surface area (Å²) in [5, 5.41) is 12.4. The van der Waals surface area contributed by atoms with Crippen molar-refractivity contribution in [2.45, 2.75) is 35.8 Å². The van der Waals surface area contributed by atoms with E-state index in [-0.39, 0.29) is 5.91 Å². The van der Waals surface area contributed by atoms with Gasteiger partial charge in [-0.1, -0.05) is 36.7 Å². The normalized spacial score (nSPS) is 18.6.